The molecule has 3 fully saturated rings. The van der Waals surface area contributed by atoms with Gasteiger partial charge in [0, 0.05) is 22.9 Å². The smallest absolute Gasteiger partial charge is 0.251 e. The maximum absolute atomic E-state index is 12.2. The molecule has 9 heteroatoms. The van der Waals surface area contributed by atoms with Crippen LogP contribution in [0.15, 0.2) is 23.2 Å². The number of fused-ring (bicyclic) bond motifs is 1. The first-order chi connectivity index (χ1) is 12.4. The number of sulfone groups is 1. The minimum absolute atomic E-state index is 0.0273. The third-order valence-electron chi connectivity index (χ3n) is 4.84. The number of anilines is 1. The van der Waals surface area contributed by atoms with E-state index in [0.29, 0.717) is 16.7 Å². The van der Waals surface area contributed by atoms with E-state index in [4.69, 9.17) is 9.47 Å². The van der Waals surface area contributed by atoms with Gasteiger partial charge in [-0.1, -0.05) is 11.8 Å². The number of carbonyl (C=O) groups is 1. The van der Waals surface area contributed by atoms with E-state index >= 15 is 0 Å². The van der Waals surface area contributed by atoms with Crippen LogP contribution < -0.4 is 14.4 Å². The Hall–Kier alpha value is -1.74. The molecule has 3 aliphatic rings. The number of aliphatic imine (C=N–C) groups is 1. The standard InChI is InChI=1S/C17H20N2O5S2/c1-23-13-6-5-11(7-14(13)24-2)19-12-8-26(21,22)9-15(12)25-17(19)18-16(20)10-3-4-10/h5-7,10,12,15H,3-4,8-9H2,1-2H3. The zero-order valence-corrected chi connectivity index (χ0v) is 16.2. The first-order valence-corrected chi connectivity index (χ1v) is 11.1. The van der Waals surface area contributed by atoms with Crippen LogP contribution in [0.3, 0.4) is 0 Å². The third-order valence-corrected chi connectivity index (χ3v) is 8.05. The number of hydrogen-bond donors (Lipinski definition) is 0. The molecule has 1 aliphatic carbocycles. The van der Waals surface area contributed by atoms with Crippen LogP contribution in [0.1, 0.15) is 12.8 Å². The second-order valence-corrected chi connectivity index (χ2v) is 10.1. The second-order valence-electron chi connectivity index (χ2n) is 6.72. The fourth-order valence-electron chi connectivity index (χ4n) is 3.36. The molecule has 0 N–H and O–H groups in total. The van der Waals surface area contributed by atoms with E-state index in [9.17, 15) is 13.2 Å². The summed E-state index contributed by atoms with van der Waals surface area (Å²) in [6, 6.07) is 5.18. The molecule has 0 spiro atoms. The van der Waals surface area contributed by atoms with Gasteiger partial charge in [-0.15, -0.1) is 0 Å². The Balaban J connectivity index is 1.74. The first kappa shape index (κ1) is 17.7. The number of amidine groups is 1. The van der Waals surface area contributed by atoms with Crippen molar-refractivity contribution in [3.05, 3.63) is 18.2 Å². The topological polar surface area (TPSA) is 85.3 Å². The van der Waals surface area contributed by atoms with Crippen LogP contribution >= 0.6 is 11.8 Å². The quantitative estimate of drug-likeness (QED) is 0.766. The average molecular weight is 396 g/mol. The van der Waals surface area contributed by atoms with Crippen molar-refractivity contribution in [2.45, 2.75) is 24.1 Å². The van der Waals surface area contributed by atoms with Gasteiger partial charge in [0.25, 0.3) is 5.91 Å². The number of thioether (sulfide) groups is 1. The lowest BCUT2D eigenvalue weighted by Gasteiger charge is -2.25. The van der Waals surface area contributed by atoms with Gasteiger partial charge in [0.1, 0.15) is 0 Å². The highest BCUT2D eigenvalue weighted by molar-refractivity contribution is 8.16. The molecule has 4 rings (SSSR count). The summed E-state index contributed by atoms with van der Waals surface area (Å²) in [5.41, 5.74) is 0.752. The predicted octanol–water partition coefficient (Wildman–Crippen LogP) is 1.72. The minimum atomic E-state index is -3.09. The summed E-state index contributed by atoms with van der Waals surface area (Å²) >= 11 is 1.39. The van der Waals surface area contributed by atoms with Crippen molar-refractivity contribution in [2.75, 3.05) is 30.6 Å². The molecule has 2 heterocycles. The van der Waals surface area contributed by atoms with Crippen molar-refractivity contribution in [2.24, 2.45) is 10.9 Å². The number of nitrogens with zero attached hydrogens (tertiary/aromatic N) is 2. The summed E-state index contributed by atoms with van der Waals surface area (Å²) in [7, 11) is 0.0208. The Labute approximate surface area is 156 Å². The highest BCUT2D eigenvalue weighted by atomic mass is 32.2. The molecule has 7 nitrogen and oxygen atoms in total. The van der Waals surface area contributed by atoms with Crippen molar-refractivity contribution in [3.63, 3.8) is 0 Å². The summed E-state index contributed by atoms with van der Waals surface area (Å²) in [5, 5.41) is 0.470. The molecule has 2 unspecified atom stereocenters. The predicted molar refractivity (Wildman–Crippen MR) is 101 cm³/mol. The third kappa shape index (κ3) is 3.18. The Kier molecular flexibility index (Phi) is 4.38. The van der Waals surface area contributed by atoms with Crippen molar-refractivity contribution in [1.29, 1.82) is 0 Å². The number of ether oxygens (including phenoxy) is 2. The molecule has 1 aromatic carbocycles. The Bertz CT molecular complexity index is 879. The van der Waals surface area contributed by atoms with Gasteiger partial charge in [0.05, 0.1) is 31.8 Å². The number of benzene rings is 1. The summed E-state index contributed by atoms with van der Waals surface area (Å²) in [4.78, 5) is 18.4. The molecule has 2 aliphatic heterocycles. The van der Waals surface area contributed by atoms with Crippen LogP contribution in [0.25, 0.3) is 0 Å². The van der Waals surface area contributed by atoms with Crippen molar-refractivity contribution >= 4 is 38.4 Å². The number of carbonyl (C=O) groups excluding carboxylic acids is 1. The molecule has 2 atom stereocenters. The van der Waals surface area contributed by atoms with Crippen LogP contribution in [-0.2, 0) is 14.6 Å². The largest absolute Gasteiger partial charge is 0.493 e. The fraction of sp³-hybridized carbons (Fsp3) is 0.529. The summed E-state index contributed by atoms with van der Waals surface area (Å²) in [5.74, 6) is 1.23. The lowest BCUT2D eigenvalue weighted by molar-refractivity contribution is -0.118. The Morgan fingerprint density at radius 2 is 1.92 bits per heavy atom. The van der Waals surface area contributed by atoms with Crippen LogP contribution in [0.5, 0.6) is 11.5 Å². The molecule has 0 bridgehead atoms. The SMILES string of the molecule is COc1ccc(N2C(=NC(=O)C3CC3)SC3CS(=O)(=O)CC32)cc1OC. The van der Waals surface area contributed by atoms with E-state index in [0.717, 1.165) is 18.5 Å². The normalized spacial score (nSPS) is 28.2. The Morgan fingerprint density at radius 1 is 1.19 bits per heavy atom. The monoisotopic (exact) mass is 396 g/mol. The van der Waals surface area contributed by atoms with Crippen molar-refractivity contribution < 1.29 is 22.7 Å². The summed E-state index contributed by atoms with van der Waals surface area (Å²) in [6.07, 6.45) is 1.77. The maximum atomic E-state index is 12.2. The van der Waals surface area contributed by atoms with Crippen molar-refractivity contribution in [1.82, 2.24) is 0 Å². The fourth-order valence-corrected chi connectivity index (χ4v) is 7.28. The van der Waals surface area contributed by atoms with E-state index < -0.39 is 9.84 Å². The highest BCUT2D eigenvalue weighted by Crippen LogP contribution is 2.43. The van der Waals surface area contributed by atoms with E-state index in [1.54, 1.807) is 26.4 Å². The molecule has 0 radical (unpaired) electrons. The zero-order chi connectivity index (χ0) is 18.5. The molecular weight excluding hydrogens is 376 g/mol. The van der Waals surface area contributed by atoms with Gasteiger partial charge in [0.2, 0.25) is 0 Å². The molecular formula is C17H20N2O5S2. The molecule has 0 aromatic heterocycles. The average Bonchev–Trinajstić information content (AvgIpc) is 3.35. The lowest BCUT2D eigenvalue weighted by Crippen LogP contribution is -2.37. The van der Waals surface area contributed by atoms with Crippen LogP contribution in [0.4, 0.5) is 5.69 Å². The number of methoxy groups -OCH3 is 2. The lowest BCUT2D eigenvalue weighted by atomic mass is 10.2. The molecule has 1 saturated carbocycles. The summed E-state index contributed by atoms with van der Waals surface area (Å²) < 4.78 is 34.8. The van der Waals surface area contributed by atoms with Gasteiger partial charge < -0.3 is 14.4 Å². The van der Waals surface area contributed by atoms with Crippen molar-refractivity contribution in [3.8, 4) is 11.5 Å². The van der Waals surface area contributed by atoms with Gasteiger partial charge in [-0.2, -0.15) is 4.99 Å². The first-order valence-electron chi connectivity index (χ1n) is 8.43. The number of hydrogen-bond acceptors (Lipinski definition) is 6. The maximum Gasteiger partial charge on any atom is 0.251 e. The van der Waals surface area contributed by atoms with E-state index in [1.165, 1.54) is 11.8 Å². The molecule has 1 aromatic rings. The van der Waals surface area contributed by atoms with Gasteiger partial charge in [0.15, 0.2) is 26.5 Å². The second kappa shape index (κ2) is 6.45. The molecule has 2 saturated heterocycles. The van der Waals surface area contributed by atoms with Gasteiger partial charge >= 0.3 is 0 Å². The Morgan fingerprint density at radius 3 is 2.58 bits per heavy atom. The molecule has 1 amide bonds. The zero-order valence-electron chi connectivity index (χ0n) is 14.5. The number of amides is 1. The van der Waals surface area contributed by atoms with E-state index in [-0.39, 0.29) is 34.6 Å². The highest BCUT2D eigenvalue weighted by Gasteiger charge is 2.49. The van der Waals surface area contributed by atoms with Crippen LogP contribution in [-0.4, -0.2) is 56.5 Å². The molecule has 26 heavy (non-hydrogen) atoms. The van der Waals surface area contributed by atoms with E-state index in [1.807, 2.05) is 11.0 Å². The van der Waals surface area contributed by atoms with Crippen LogP contribution in [0.2, 0.25) is 0 Å². The van der Waals surface area contributed by atoms with Crippen LogP contribution in [0, 0.1) is 5.92 Å². The van der Waals surface area contributed by atoms with Gasteiger partial charge in [-0.25, -0.2) is 8.42 Å². The van der Waals surface area contributed by atoms with Gasteiger partial charge in [-0.05, 0) is 25.0 Å². The van der Waals surface area contributed by atoms with E-state index in [2.05, 4.69) is 4.99 Å². The number of rotatable bonds is 4. The summed E-state index contributed by atoms with van der Waals surface area (Å²) in [6.45, 7) is 0. The van der Waals surface area contributed by atoms with Gasteiger partial charge in [-0.3, -0.25) is 4.79 Å². The minimum Gasteiger partial charge on any atom is -0.493 e. The molecule has 140 valence electrons.